The van der Waals surface area contributed by atoms with Gasteiger partial charge < -0.3 is 0 Å². The Morgan fingerprint density at radius 2 is 0.804 bits per heavy atom. The van der Waals surface area contributed by atoms with Gasteiger partial charge in [-0.2, -0.15) is 0 Å². The molecule has 11 aromatic rings. The van der Waals surface area contributed by atoms with Crippen LogP contribution in [0.25, 0.3) is 108 Å². The number of hydrogen-bond acceptors (Lipinski definition) is 1. The predicted octanol–water partition coefficient (Wildman–Crippen LogP) is 16.0. The van der Waals surface area contributed by atoms with Crippen molar-refractivity contribution in [3.63, 3.8) is 0 Å². The highest BCUT2D eigenvalue weighted by atomic mass is 32.1. The standard InChI is InChI=1S/C55H36S/c1-55(2)47-27-14-26-36(52(47)53-40-20-5-3-17-37(40)38-18-4-10-25-45(38)54(53)55)33-15-13-16-34(31-33)50-41-21-6-8-23-43(41)51(44-24-9-7-22-42(44)50)35-29-30-49-46(32-35)39-19-11-12-28-48(39)56-49/h3-32H,1-2H3. The Hall–Kier alpha value is -6.54. The molecule has 262 valence electrons. The zero-order chi connectivity index (χ0) is 37.1. The lowest BCUT2D eigenvalue weighted by Crippen LogP contribution is -2.15. The first-order valence-electron chi connectivity index (χ1n) is 19.6. The van der Waals surface area contributed by atoms with E-state index >= 15 is 0 Å². The Morgan fingerprint density at radius 3 is 1.46 bits per heavy atom. The second kappa shape index (κ2) is 11.7. The van der Waals surface area contributed by atoms with E-state index in [-0.39, 0.29) is 5.41 Å². The SMILES string of the molecule is CC1(C)c2cccc(-c3cccc(-c4c5ccccc5c(-c5ccc6sc7ccccc7c6c5)c5ccccc45)c3)c2-c2c1c1ccccc1c1ccccc21. The summed E-state index contributed by atoms with van der Waals surface area (Å²) in [5.74, 6) is 0. The van der Waals surface area contributed by atoms with Gasteiger partial charge in [0.15, 0.2) is 0 Å². The van der Waals surface area contributed by atoms with Gasteiger partial charge in [0.2, 0.25) is 0 Å². The molecule has 0 spiro atoms. The zero-order valence-electron chi connectivity index (χ0n) is 31.2. The molecule has 0 bridgehead atoms. The fourth-order valence-electron chi connectivity index (χ4n) is 10.2. The van der Waals surface area contributed by atoms with Gasteiger partial charge in [0.1, 0.15) is 0 Å². The number of fused-ring (bicyclic) bond motifs is 13. The Kier molecular flexibility index (Phi) is 6.66. The number of thiophene rings is 1. The molecule has 0 radical (unpaired) electrons. The molecular weight excluding hydrogens is 693 g/mol. The van der Waals surface area contributed by atoms with Crippen LogP contribution < -0.4 is 0 Å². The molecule has 10 aromatic carbocycles. The fourth-order valence-corrected chi connectivity index (χ4v) is 11.3. The molecule has 0 aliphatic heterocycles. The maximum absolute atomic E-state index is 2.45. The Morgan fingerprint density at radius 1 is 0.321 bits per heavy atom. The van der Waals surface area contributed by atoms with Gasteiger partial charge >= 0.3 is 0 Å². The van der Waals surface area contributed by atoms with Crippen molar-refractivity contribution in [2.75, 3.05) is 0 Å². The highest BCUT2D eigenvalue weighted by molar-refractivity contribution is 7.25. The smallest absolute Gasteiger partial charge is 0.0355 e. The van der Waals surface area contributed by atoms with Crippen molar-refractivity contribution in [3.05, 3.63) is 193 Å². The predicted molar refractivity (Wildman–Crippen MR) is 243 cm³/mol. The number of benzene rings is 10. The minimum Gasteiger partial charge on any atom is -0.135 e. The van der Waals surface area contributed by atoms with Crippen LogP contribution in [0.3, 0.4) is 0 Å². The van der Waals surface area contributed by atoms with E-state index in [1.165, 1.54) is 119 Å². The molecule has 0 amide bonds. The van der Waals surface area contributed by atoms with Crippen LogP contribution in [0.2, 0.25) is 0 Å². The quantitative estimate of drug-likeness (QED) is 0.126. The lowest BCUT2D eigenvalue weighted by atomic mass is 9.79. The van der Waals surface area contributed by atoms with Crippen molar-refractivity contribution < 1.29 is 0 Å². The maximum atomic E-state index is 2.45. The minimum absolute atomic E-state index is 0.150. The first-order chi connectivity index (χ1) is 27.6. The van der Waals surface area contributed by atoms with E-state index in [1.54, 1.807) is 0 Å². The molecule has 0 saturated heterocycles. The fraction of sp³-hybridized carbons (Fsp3) is 0.0545. The molecule has 56 heavy (non-hydrogen) atoms. The van der Waals surface area contributed by atoms with E-state index in [2.05, 4.69) is 196 Å². The number of hydrogen-bond donors (Lipinski definition) is 0. The van der Waals surface area contributed by atoms with E-state index < -0.39 is 0 Å². The third kappa shape index (κ3) is 4.35. The van der Waals surface area contributed by atoms with E-state index in [9.17, 15) is 0 Å². The van der Waals surface area contributed by atoms with Crippen LogP contribution in [0.4, 0.5) is 0 Å². The van der Waals surface area contributed by atoms with Gasteiger partial charge in [-0.25, -0.2) is 0 Å². The molecule has 1 aliphatic rings. The summed E-state index contributed by atoms with van der Waals surface area (Å²) in [6, 6.07) is 68.2. The van der Waals surface area contributed by atoms with Crippen LogP contribution in [0, 0.1) is 0 Å². The zero-order valence-corrected chi connectivity index (χ0v) is 32.0. The molecule has 0 saturated carbocycles. The van der Waals surface area contributed by atoms with Crippen LogP contribution >= 0.6 is 11.3 Å². The summed E-state index contributed by atoms with van der Waals surface area (Å²) in [6.45, 7) is 4.83. The normalized spacial score (nSPS) is 13.3. The van der Waals surface area contributed by atoms with Crippen LogP contribution in [-0.2, 0) is 5.41 Å². The molecular formula is C55H36S. The third-order valence-electron chi connectivity index (χ3n) is 12.6. The molecule has 0 atom stereocenters. The minimum atomic E-state index is -0.150. The molecule has 1 heterocycles. The number of rotatable bonds is 3. The molecule has 1 aromatic heterocycles. The van der Waals surface area contributed by atoms with Crippen molar-refractivity contribution in [2.24, 2.45) is 0 Å². The van der Waals surface area contributed by atoms with Gasteiger partial charge in [-0.3, -0.25) is 0 Å². The highest BCUT2D eigenvalue weighted by Crippen LogP contribution is 2.57. The Labute approximate surface area is 329 Å². The molecule has 0 nitrogen and oxygen atoms in total. The lowest BCUT2D eigenvalue weighted by Gasteiger charge is -2.24. The molecule has 0 unspecified atom stereocenters. The average molecular weight is 729 g/mol. The summed E-state index contributed by atoms with van der Waals surface area (Å²) in [5, 5.41) is 13.1. The van der Waals surface area contributed by atoms with Crippen molar-refractivity contribution in [1.82, 2.24) is 0 Å². The first kappa shape index (κ1) is 31.8. The summed E-state index contributed by atoms with van der Waals surface area (Å²) in [7, 11) is 0. The van der Waals surface area contributed by atoms with Crippen molar-refractivity contribution >= 4 is 74.6 Å². The highest BCUT2D eigenvalue weighted by Gasteiger charge is 2.39. The first-order valence-corrected chi connectivity index (χ1v) is 20.4. The maximum Gasteiger partial charge on any atom is 0.0355 e. The van der Waals surface area contributed by atoms with Gasteiger partial charge in [-0.1, -0.05) is 172 Å². The van der Waals surface area contributed by atoms with Crippen LogP contribution in [-0.4, -0.2) is 0 Å². The Bertz CT molecular complexity index is 3390. The third-order valence-corrected chi connectivity index (χ3v) is 13.8. The van der Waals surface area contributed by atoms with Gasteiger partial charge in [0, 0.05) is 25.6 Å². The van der Waals surface area contributed by atoms with Gasteiger partial charge in [-0.05, 0) is 123 Å². The molecule has 1 aliphatic carbocycles. The molecule has 0 fully saturated rings. The second-order valence-electron chi connectivity index (χ2n) is 15.9. The average Bonchev–Trinajstić information content (AvgIpc) is 3.74. The van der Waals surface area contributed by atoms with E-state index in [1.807, 2.05) is 11.3 Å². The van der Waals surface area contributed by atoms with Gasteiger partial charge in [0.05, 0.1) is 0 Å². The van der Waals surface area contributed by atoms with Crippen LogP contribution in [0.5, 0.6) is 0 Å². The van der Waals surface area contributed by atoms with Crippen LogP contribution in [0.1, 0.15) is 25.0 Å². The largest absolute Gasteiger partial charge is 0.135 e. The molecule has 1 heteroatoms. The molecule has 0 N–H and O–H groups in total. The van der Waals surface area contributed by atoms with Crippen molar-refractivity contribution in [1.29, 1.82) is 0 Å². The van der Waals surface area contributed by atoms with E-state index in [0.29, 0.717) is 0 Å². The van der Waals surface area contributed by atoms with Crippen molar-refractivity contribution in [3.8, 4) is 44.5 Å². The van der Waals surface area contributed by atoms with Crippen molar-refractivity contribution in [2.45, 2.75) is 19.3 Å². The van der Waals surface area contributed by atoms with Crippen LogP contribution in [0.15, 0.2) is 182 Å². The summed E-state index contributed by atoms with van der Waals surface area (Å²) in [6.07, 6.45) is 0. The Balaban J connectivity index is 1.10. The summed E-state index contributed by atoms with van der Waals surface area (Å²) in [4.78, 5) is 0. The molecule has 12 rings (SSSR count). The topological polar surface area (TPSA) is 0 Å². The summed E-state index contributed by atoms with van der Waals surface area (Å²) >= 11 is 1.88. The summed E-state index contributed by atoms with van der Waals surface area (Å²) < 4.78 is 2.67. The summed E-state index contributed by atoms with van der Waals surface area (Å²) in [5.41, 5.74) is 13.0. The van der Waals surface area contributed by atoms with E-state index in [4.69, 9.17) is 0 Å². The van der Waals surface area contributed by atoms with Gasteiger partial charge in [0.25, 0.3) is 0 Å². The monoisotopic (exact) mass is 728 g/mol. The second-order valence-corrected chi connectivity index (χ2v) is 17.0. The van der Waals surface area contributed by atoms with E-state index in [0.717, 1.165) is 0 Å². The van der Waals surface area contributed by atoms with Gasteiger partial charge in [-0.15, -0.1) is 11.3 Å². The lowest BCUT2D eigenvalue weighted by molar-refractivity contribution is 0.666.